The molecule has 1 atom stereocenters. The number of aliphatic carboxylic acids is 1. The highest BCUT2D eigenvalue weighted by atomic mass is 16.4. The van der Waals surface area contributed by atoms with Gasteiger partial charge in [0.05, 0.1) is 0 Å². The molecular weight excluding hydrogens is 166 g/mol. The Labute approximate surface area is 78.7 Å². The number of allylic oxidation sites excluding steroid dienone is 1. The van der Waals surface area contributed by atoms with Crippen molar-refractivity contribution in [2.45, 2.75) is 33.1 Å². The van der Waals surface area contributed by atoms with Crippen molar-refractivity contribution >= 4 is 5.97 Å². The number of nitrogens with zero attached hydrogens (tertiary/aromatic N) is 1. The third-order valence-electron chi connectivity index (χ3n) is 1.86. The molecule has 0 aliphatic heterocycles. The van der Waals surface area contributed by atoms with Crippen molar-refractivity contribution in [3.05, 3.63) is 11.6 Å². The molecular formula is C10H15NO2. The van der Waals surface area contributed by atoms with Gasteiger partial charge in [-0.1, -0.05) is 32.8 Å². The molecule has 72 valence electrons. The normalized spacial score (nSPS) is 13.5. The van der Waals surface area contributed by atoms with E-state index in [0.29, 0.717) is 12.3 Å². The molecule has 1 N–H and O–H groups in total. The number of hydrogen-bond acceptors (Lipinski definition) is 2. The van der Waals surface area contributed by atoms with E-state index in [9.17, 15) is 4.79 Å². The molecule has 0 aromatic carbocycles. The van der Waals surface area contributed by atoms with E-state index < -0.39 is 5.97 Å². The molecule has 0 aliphatic carbocycles. The first-order chi connectivity index (χ1) is 6.11. The van der Waals surface area contributed by atoms with Crippen LogP contribution in [0.25, 0.3) is 0 Å². The van der Waals surface area contributed by atoms with E-state index in [1.807, 2.05) is 0 Å². The van der Waals surface area contributed by atoms with Crippen LogP contribution in [0.3, 0.4) is 0 Å². The van der Waals surface area contributed by atoms with Crippen molar-refractivity contribution in [1.29, 1.82) is 5.26 Å². The van der Waals surface area contributed by atoms with Gasteiger partial charge in [0.1, 0.15) is 11.6 Å². The van der Waals surface area contributed by atoms with Crippen molar-refractivity contribution in [2.24, 2.45) is 5.92 Å². The monoisotopic (exact) mass is 181 g/mol. The van der Waals surface area contributed by atoms with Gasteiger partial charge in [0, 0.05) is 0 Å². The van der Waals surface area contributed by atoms with Gasteiger partial charge >= 0.3 is 5.97 Å². The van der Waals surface area contributed by atoms with Crippen LogP contribution < -0.4 is 0 Å². The standard InChI is InChI=1S/C10H15NO2/c1-3-4-8(2)5-6-9(7-11)10(12)13/h6,8H,3-5H2,1-2H3,(H,12,13). The Balaban J connectivity index is 4.09. The molecule has 13 heavy (non-hydrogen) atoms. The van der Waals surface area contributed by atoms with Gasteiger partial charge in [0.2, 0.25) is 0 Å². The predicted octanol–water partition coefficient (Wildman–Crippen LogP) is 2.35. The molecule has 3 nitrogen and oxygen atoms in total. The average molecular weight is 181 g/mol. The second-order valence-corrected chi connectivity index (χ2v) is 3.16. The van der Waals surface area contributed by atoms with Gasteiger partial charge in [0.15, 0.2) is 0 Å². The Bertz CT molecular complexity index is 238. The summed E-state index contributed by atoms with van der Waals surface area (Å²) < 4.78 is 0. The Morgan fingerprint density at radius 3 is 2.69 bits per heavy atom. The van der Waals surface area contributed by atoms with Crippen LogP contribution in [-0.2, 0) is 4.79 Å². The van der Waals surface area contributed by atoms with E-state index in [0.717, 1.165) is 12.8 Å². The molecule has 0 saturated carbocycles. The number of carboxylic acids is 1. The lowest BCUT2D eigenvalue weighted by molar-refractivity contribution is -0.132. The Kier molecular flexibility index (Phi) is 5.62. The summed E-state index contributed by atoms with van der Waals surface area (Å²) >= 11 is 0. The van der Waals surface area contributed by atoms with Crippen LogP contribution in [0.15, 0.2) is 11.6 Å². The van der Waals surface area contributed by atoms with Crippen molar-refractivity contribution in [1.82, 2.24) is 0 Å². The summed E-state index contributed by atoms with van der Waals surface area (Å²) in [5.41, 5.74) is -0.150. The second kappa shape index (κ2) is 6.24. The van der Waals surface area contributed by atoms with Gasteiger partial charge in [-0.05, 0) is 12.3 Å². The maximum atomic E-state index is 10.4. The maximum absolute atomic E-state index is 10.4. The first-order valence-corrected chi connectivity index (χ1v) is 4.45. The van der Waals surface area contributed by atoms with Crippen LogP contribution in [0.5, 0.6) is 0 Å². The van der Waals surface area contributed by atoms with Crippen LogP contribution >= 0.6 is 0 Å². The second-order valence-electron chi connectivity index (χ2n) is 3.16. The van der Waals surface area contributed by atoms with Gasteiger partial charge < -0.3 is 5.11 Å². The Hall–Kier alpha value is -1.30. The predicted molar refractivity (Wildman–Crippen MR) is 50.0 cm³/mol. The van der Waals surface area contributed by atoms with Crippen LogP contribution in [-0.4, -0.2) is 11.1 Å². The van der Waals surface area contributed by atoms with E-state index in [4.69, 9.17) is 10.4 Å². The summed E-state index contributed by atoms with van der Waals surface area (Å²) in [6.07, 6.45) is 4.32. The van der Waals surface area contributed by atoms with E-state index in [2.05, 4.69) is 13.8 Å². The highest BCUT2D eigenvalue weighted by Crippen LogP contribution is 2.11. The third-order valence-corrected chi connectivity index (χ3v) is 1.86. The molecule has 0 heterocycles. The van der Waals surface area contributed by atoms with Crippen LogP contribution in [0.4, 0.5) is 0 Å². The number of hydrogen-bond donors (Lipinski definition) is 1. The molecule has 0 rings (SSSR count). The van der Waals surface area contributed by atoms with Crippen molar-refractivity contribution in [3.63, 3.8) is 0 Å². The van der Waals surface area contributed by atoms with E-state index in [-0.39, 0.29) is 5.57 Å². The fourth-order valence-electron chi connectivity index (χ4n) is 1.11. The molecule has 0 saturated heterocycles. The van der Waals surface area contributed by atoms with Gasteiger partial charge in [0.25, 0.3) is 0 Å². The molecule has 3 heteroatoms. The lowest BCUT2D eigenvalue weighted by Gasteiger charge is -2.05. The van der Waals surface area contributed by atoms with Crippen LogP contribution in [0.2, 0.25) is 0 Å². The van der Waals surface area contributed by atoms with E-state index in [1.165, 1.54) is 6.08 Å². The first-order valence-electron chi connectivity index (χ1n) is 4.45. The zero-order chi connectivity index (χ0) is 10.3. The topological polar surface area (TPSA) is 61.1 Å². The van der Waals surface area contributed by atoms with Crippen molar-refractivity contribution in [3.8, 4) is 6.07 Å². The first kappa shape index (κ1) is 11.7. The molecule has 1 unspecified atom stereocenters. The average Bonchev–Trinajstić information content (AvgIpc) is 2.05. The lowest BCUT2D eigenvalue weighted by Crippen LogP contribution is -1.99. The summed E-state index contributed by atoms with van der Waals surface area (Å²) in [6.45, 7) is 4.14. The van der Waals surface area contributed by atoms with Gasteiger partial charge in [-0.25, -0.2) is 4.79 Å². The minimum atomic E-state index is -1.13. The zero-order valence-electron chi connectivity index (χ0n) is 8.08. The maximum Gasteiger partial charge on any atom is 0.346 e. The fraction of sp³-hybridized carbons (Fsp3) is 0.600. The summed E-state index contributed by atoms with van der Waals surface area (Å²) in [4.78, 5) is 10.4. The molecule has 0 fully saturated rings. The molecule has 0 bridgehead atoms. The highest BCUT2D eigenvalue weighted by Gasteiger charge is 2.06. The van der Waals surface area contributed by atoms with Crippen LogP contribution in [0.1, 0.15) is 33.1 Å². The smallest absolute Gasteiger partial charge is 0.346 e. The SMILES string of the molecule is CCCC(C)CC=C(C#N)C(=O)O. The molecule has 0 radical (unpaired) electrons. The third kappa shape index (κ3) is 5.02. The molecule has 0 spiro atoms. The van der Waals surface area contributed by atoms with Crippen LogP contribution in [0, 0.1) is 17.2 Å². The number of carbonyl (C=O) groups is 1. The summed E-state index contributed by atoms with van der Waals surface area (Å²) in [7, 11) is 0. The van der Waals surface area contributed by atoms with Crippen molar-refractivity contribution in [2.75, 3.05) is 0 Å². The Morgan fingerprint density at radius 1 is 1.69 bits per heavy atom. The minimum Gasteiger partial charge on any atom is -0.477 e. The lowest BCUT2D eigenvalue weighted by atomic mass is 10.0. The summed E-state index contributed by atoms with van der Waals surface area (Å²) in [5, 5.41) is 17.0. The molecule has 0 aromatic rings. The van der Waals surface area contributed by atoms with E-state index in [1.54, 1.807) is 6.07 Å². The summed E-state index contributed by atoms with van der Waals surface area (Å²) in [6, 6.07) is 1.66. The van der Waals surface area contributed by atoms with Gasteiger partial charge in [-0.3, -0.25) is 0 Å². The quantitative estimate of drug-likeness (QED) is 0.523. The largest absolute Gasteiger partial charge is 0.477 e. The minimum absolute atomic E-state index is 0.150. The fourth-order valence-corrected chi connectivity index (χ4v) is 1.11. The zero-order valence-corrected chi connectivity index (χ0v) is 8.08. The Morgan fingerprint density at radius 2 is 2.31 bits per heavy atom. The number of rotatable bonds is 5. The number of nitriles is 1. The number of carboxylic acid groups (broad SMARTS) is 1. The van der Waals surface area contributed by atoms with E-state index >= 15 is 0 Å². The highest BCUT2D eigenvalue weighted by molar-refractivity contribution is 5.90. The van der Waals surface area contributed by atoms with Gasteiger partial charge in [-0.15, -0.1) is 0 Å². The molecule has 0 aromatic heterocycles. The molecule has 0 aliphatic rings. The van der Waals surface area contributed by atoms with Gasteiger partial charge in [-0.2, -0.15) is 5.26 Å². The van der Waals surface area contributed by atoms with Crippen molar-refractivity contribution < 1.29 is 9.90 Å². The molecule has 0 amide bonds. The summed E-state index contributed by atoms with van der Waals surface area (Å²) in [5.74, 6) is -0.682.